The maximum absolute atomic E-state index is 11.3. The standard InChI is InChI=1S/C16H21ClN2O2/c1-16(2)5-3-4-10(8-16)18-12-7-14-13(6-11(12)17)19-15(20)9-21-14/h6-7,10,18H,3-5,8-9H2,1-2H3,(H,19,20). The molecule has 1 saturated carbocycles. The molecular weight excluding hydrogens is 288 g/mol. The van der Waals surface area contributed by atoms with Gasteiger partial charge in [-0.3, -0.25) is 4.79 Å². The van der Waals surface area contributed by atoms with E-state index in [1.54, 1.807) is 6.07 Å². The zero-order valence-corrected chi connectivity index (χ0v) is 13.2. The number of benzene rings is 1. The molecule has 4 nitrogen and oxygen atoms in total. The van der Waals surface area contributed by atoms with Crippen LogP contribution in [-0.2, 0) is 4.79 Å². The summed E-state index contributed by atoms with van der Waals surface area (Å²) in [6.45, 7) is 4.69. The average Bonchev–Trinajstić information content (AvgIpc) is 2.39. The molecule has 2 aliphatic rings. The number of rotatable bonds is 2. The number of amides is 1. The minimum Gasteiger partial charge on any atom is -0.482 e. The van der Waals surface area contributed by atoms with E-state index in [0.29, 0.717) is 27.9 Å². The van der Waals surface area contributed by atoms with Gasteiger partial charge in [0.05, 0.1) is 16.4 Å². The zero-order valence-electron chi connectivity index (χ0n) is 12.5. The van der Waals surface area contributed by atoms with Gasteiger partial charge in [-0.25, -0.2) is 0 Å². The predicted octanol–water partition coefficient (Wildman–Crippen LogP) is 4.05. The van der Waals surface area contributed by atoms with E-state index in [9.17, 15) is 4.79 Å². The molecule has 0 aromatic heterocycles. The Hall–Kier alpha value is -1.42. The molecule has 1 aromatic carbocycles. The first-order valence-electron chi connectivity index (χ1n) is 7.46. The highest BCUT2D eigenvalue weighted by atomic mass is 35.5. The molecule has 1 atom stereocenters. The third-order valence-corrected chi connectivity index (χ3v) is 4.58. The molecule has 0 bridgehead atoms. The Morgan fingerprint density at radius 2 is 2.24 bits per heavy atom. The number of ether oxygens (including phenoxy) is 1. The van der Waals surface area contributed by atoms with Gasteiger partial charge in [-0.2, -0.15) is 0 Å². The zero-order chi connectivity index (χ0) is 15.0. The monoisotopic (exact) mass is 308 g/mol. The Bertz CT molecular complexity index is 572. The Morgan fingerprint density at radius 1 is 1.43 bits per heavy atom. The van der Waals surface area contributed by atoms with Gasteiger partial charge in [0.1, 0.15) is 5.75 Å². The Labute approximate surface area is 130 Å². The molecule has 0 radical (unpaired) electrons. The van der Waals surface area contributed by atoms with Gasteiger partial charge in [-0.1, -0.05) is 31.9 Å². The third kappa shape index (κ3) is 3.26. The summed E-state index contributed by atoms with van der Waals surface area (Å²) in [5.41, 5.74) is 1.90. The highest BCUT2D eigenvalue weighted by molar-refractivity contribution is 6.33. The van der Waals surface area contributed by atoms with Gasteiger partial charge < -0.3 is 15.4 Å². The highest BCUT2D eigenvalue weighted by Gasteiger charge is 2.28. The fourth-order valence-corrected chi connectivity index (χ4v) is 3.47. The number of fused-ring (bicyclic) bond motifs is 1. The number of anilines is 2. The van der Waals surface area contributed by atoms with Gasteiger partial charge in [0, 0.05) is 12.1 Å². The molecule has 1 unspecified atom stereocenters. The summed E-state index contributed by atoms with van der Waals surface area (Å²) in [6, 6.07) is 4.07. The van der Waals surface area contributed by atoms with Crippen molar-refractivity contribution >= 4 is 28.9 Å². The summed E-state index contributed by atoms with van der Waals surface area (Å²) < 4.78 is 5.45. The van der Waals surface area contributed by atoms with Gasteiger partial charge in [-0.05, 0) is 30.7 Å². The first-order chi connectivity index (χ1) is 9.93. The number of halogens is 1. The van der Waals surface area contributed by atoms with Gasteiger partial charge >= 0.3 is 0 Å². The lowest BCUT2D eigenvalue weighted by Gasteiger charge is -2.36. The van der Waals surface area contributed by atoms with E-state index in [4.69, 9.17) is 16.3 Å². The molecule has 1 aromatic rings. The maximum atomic E-state index is 11.3. The summed E-state index contributed by atoms with van der Waals surface area (Å²) in [5, 5.41) is 6.92. The van der Waals surface area contributed by atoms with E-state index in [1.807, 2.05) is 6.07 Å². The van der Waals surface area contributed by atoms with Crippen molar-refractivity contribution < 1.29 is 9.53 Å². The van der Waals surface area contributed by atoms with Crippen LogP contribution in [0.2, 0.25) is 5.02 Å². The topological polar surface area (TPSA) is 50.4 Å². The lowest BCUT2D eigenvalue weighted by Crippen LogP contribution is -2.32. The second-order valence-corrected chi connectivity index (χ2v) is 7.17. The molecule has 1 amide bonds. The molecule has 1 fully saturated rings. The number of carbonyl (C=O) groups excluding carboxylic acids is 1. The van der Waals surface area contributed by atoms with Crippen LogP contribution < -0.4 is 15.4 Å². The summed E-state index contributed by atoms with van der Waals surface area (Å²) in [6.07, 6.45) is 4.81. The molecule has 2 N–H and O–H groups in total. The van der Waals surface area contributed by atoms with Gasteiger partial charge in [0.25, 0.3) is 5.91 Å². The lowest BCUT2D eigenvalue weighted by atomic mass is 9.75. The highest BCUT2D eigenvalue weighted by Crippen LogP contribution is 2.40. The van der Waals surface area contributed by atoms with Crippen LogP contribution in [0.15, 0.2) is 12.1 Å². The van der Waals surface area contributed by atoms with E-state index in [-0.39, 0.29) is 12.5 Å². The van der Waals surface area contributed by atoms with Crippen molar-refractivity contribution in [3.05, 3.63) is 17.2 Å². The molecule has 1 aliphatic heterocycles. The Balaban J connectivity index is 1.78. The van der Waals surface area contributed by atoms with Crippen LogP contribution in [0.1, 0.15) is 39.5 Å². The van der Waals surface area contributed by atoms with Crippen molar-refractivity contribution in [2.24, 2.45) is 5.41 Å². The molecule has 3 rings (SSSR count). The van der Waals surface area contributed by atoms with Crippen molar-refractivity contribution in [2.75, 3.05) is 17.2 Å². The van der Waals surface area contributed by atoms with E-state index in [0.717, 1.165) is 18.5 Å². The lowest BCUT2D eigenvalue weighted by molar-refractivity contribution is -0.118. The van der Waals surface area contributed by atoms with Crippen LogP contribution in [0, 0.1) is 5.41 Å². The molecule has 5 heteroatoms. The SMILES string of the molecule is CC1(C)CCCC(Nc2cc3c(cc2Cl)NC(=O)CO3)C1. The number of nitrogens with one attached hydrogen (secondary N) is 2. The van der Waals surface area contributed by atoms with Crippen LogP contribution in [0.4, 0.5) is 11.4 Å². The van der Waals surface area contributed by atoms with E-state index in [2.05, 4.69) is 24.5 Å². The Morgan fingerprint density at radius 3 is 3.00 bits per heavy atom. The van der Waals surface area contributed by atoms with E-state index in [1.165, 1.54) is 12.8 Å². The fourth-order valence-electron chi connectivity index (χ4n) is 3.25. The van der Waals surface area contributed by atoms with Crippen molar-refractivity contribution in [3.63, 3.8) is 0 Å². The molecule has 0 spiro atoms. The minimum atomic E-state index is -0.145. The van der Waals surface area contributed by atoms with Crippen LogP contribution in [0.3, 0.4) is 0 Å². The fraction of sp³-hybridized carbons (Fsp3) is 0.562. The minimum absolute atomic E-state index is 0.0601. The summed E-state index contributed by atoms with van der Waals surface area (Å²) >= 11 is 6.33. The van der Waals surface area contributed by atoms with Gasteiger partial charge in [0.2, 0.25) is 0 Å². The normalized spacial score (nSPS) is 23.8. The van der Waals surface area contributed by atoms with Gasteiger partial charge in [0.15, 0.2) is 6.61 Å². The first kappa shape index (κ1) is 14.5. The van der Waals surface area contributed by atoms with Crippen LogP contribution in [0.5, 0.6) is 5.75 Å². The molecular formula is C16H21ClN2O2. The van der Waals surface area contributed by atoms with Crippen LogP contribution >= 0.6 is 11.6 Å². The van der Waals surface area contributed by atoms with E-state index >= 15 is 0 Å². The number of carbonyl (C=O) groups is 1. The largest absolute Gasteiger partial charge is 0.482 e. The molecule has 1 heterocycles. The predicted molar refractivity (Wildman–Crippen MR) is 85.2 cm³/mol. The molecule has 1 aliphatic carbocycles. The average molecular weight is 309 g/mol. The summed E-state index contributed by atoms with van der Waals surface area (Å²) in [7, 11) is 0. The molecule has 0 saturated heterocycles. The van der Waals surface area contributed by atoms with Gasteiger partial charge in [-0.15, -0.1) is 0 Å². The van der Waals surface area contributed by atoms with Crippen molar-refractivity contribution in [2.45, 2.75) is 45.6 Å². The van der Waals surface area contributed by atoms with Crippen molar-refractivity contribution in [1.29, 1.82) is 0 Å². The van der Waals surface area contributed by atoms with E-state index < -0.39 is 0 Å². The summed E-state index contributed by atoms with van der Waals surface area (Å²) in [4.78, 5) is 11.3. The quantitative estimate of drug-likeness (QED) is 0.866. The summed E-state index contributed by atoms with van der Waals surface area (Å²) in [5.74, 6) is 0.532. The molecule has 114 valence electrons. The maximum Gasteiger partial charge on any atom is 0.262 e. The Kier molecular flexibility index (Phi) is 3.74. The smallest absolute Gasteiger partial charge is 0.262 e. The third-order valence-electron chi connectivity index (χ3n) is 4.27. The van der Waals surface area contributed by atoms with Crippen LogP contribution in [-0.4, -0.2) is 18.6 Å². The van der Waals surface area contributed by atoms with Crippen LogP contribution in [0.25, 0.3) is 0 Å². The van der Waals surface area contributed by atoms with Crippen molar-refractivity contribution in [3.8, 4) is 5.75 Å². The first-order valence-corrected chi connectivity index (χ1v) is 7.83. The molecule has 21 heavy (non-hydrogen) atoms. The second-order valence-electron chi connectivity index (χ2n) is 6.77. The second kappa shape index (κ2) is 5.41. The van der Waals surface area contributed by atoms with Crippen molar-refractivity contribution in [1.82, 2.24) is 0 Å². The number of hydrogen-bond acceptors (Lipinski definition) is 3. The number of hydrogen-bond donors (Lipinski definition) is 2.